The van der Waals surface area contributed by atoms with E-state index in [1.807, 2.05) is 0 Å². The number of nitrogens with one attached hydrogen (secondary N) is 4. The number of hydrogen-bond acceptors (Lipinski definition) is 13. The first-order chi connectivity index (χ1) is 28.1. The summed E-state index contributed by atoms with van der Waals surface area (Å²) in [5.41, 5.74) is 3.05. The van der Waals surface area contributed by atoms with Crippen molar-refractivity contribution in [2.45, 2.75) is 76.7 Å². The number of anilines is 2. The highest BCUT2D eigenvalue weighted by Gasteiger charge is 2.37. The van der Waals surface area contributed by atoms with Crippen LogP contribution < -0.4 is 21.3 Å². The summed E-state index contributed by atoms with van der Waals surface area (Å²) in [5.74, 6) is -2.45. The second-order valence-electron chi connectivity index (χ2n) is 13.5. The highest BCUT2D eigenvalue weighted by molar-refractivity contribution is 6.01. The Bertz CT molecular complexity index is 1640. The molecule has 1 fully saturated rings. The minimum Gasteiger partial charge on any atom is -0.420 e. The van der Waals surface area contributed by atoms with Crippen molar-refractivity contribution in [1.29, 1.82) is 0 Å². The molecule has 1 unspecified atom stereocenters. The monoisotopic (exact) mass is 811 g/mol. The van der Waals surface area contributed by atoms with E-state index >= 15 is 0 Å². The van der Waals surface area contributed by atoms with Gasteiger partial charge in [0.25, 0.3) is 11.8 Å². The quantitative estimate of drug-likeness (QED) is 0.0522. The molecule has 4 rings (SSSR count). The number of imide groups is 1. The summed E-state index contributed by atoms with van der Waals surface area (Å²) in [5, 5.41) is 20.3. The Labute approximate surface area is 336 Å². The van der Waals surface area contributed by atoms with Gasteiger partial charge in [-0.05, 0) is 67.5 Å². The highest BCUT2D eigenvalue weighted by Crippen LogP contribution is 2.47. The van der Waals surface area contributed by atoms with Gasteiger partial charge in [-0.15, -0.1) is 0 Å². The predicted molar refractivity (Wildman–Crippen MR) is 208 cm³/mol. The van der Waals surface area contributed by atoms with Crippen molar-refractivity contribution in [2.24, 2.45) is 0 Å². The van der Waals surface area contributed by atoms with Crippen molar-refractivity contribution in [3.8, 4) is 11.1 Å². The van der Waals surface area contributed by atoms with Crippen molar-refractivity contribution >= 4 is 53.0 Å². The van der Waals surface area contributed by atoms with Crippen molar-refractivity contribution in [2.75, 3.05) is 70.5 Å². The van der Waals surface area contributed by atoms with Gasteiger partial charge in [0.05, 0.1) is 13.2 Å². The van der Waals surface area contributed by atoms with Crippen LogP contribution in [0.2, 0.25) is 0 Å². The Morgan fingerprint density at radius 3 is 1.66 bits per heavy atom. The molecule has 0 saturated carbocycles. The van der Waals surface area contributed by atoms with E-state index in [0.717, 1.165) is 12.8 Å². The maximum Gasteiger partial charge on any atom is 0.534 e. The van der Waals surface area contributed by atoms with Crippen LogP contribution in [0.4, 0.5) is 16.2 Å². The Balaban J connectivity index is 1.33. The number of rotatable bonds is 26. The number of hydrogen-bond donors (Lipinski definition) is 5. The number of aliphatic hydroxyl groups excluding tert-OH is 1. The maximum absolute atomic E-state index is 13.0. The lowest BCUT2D eigenvalue weighted by atomic mass is 10.0. The fourth-order valence-electron chi connectivity index (χ4n) is 6.14. The Hall–Kier alpha value is -5.43. The lowest BCUT2D eigenvalue weighted by Gasteiger charge is -2.18. The molecule has 1 saturated heterocycles. The van der Waals surface area contributed by atoms with Gasteiger partial charge >= 0.3 is 6.16 Å². The SMILES string of the molecule is COCCCOCCNC(=O)CCCC(=O)Nc1ccc2c(c1)C(OC(=O)ON1C(=O)CCC1=O)c1cc(NC(=O)CCCC(=O)NCCOCCCCO)ccc1-2. The Morgan fingerprint density at radius 2 is 1.16 bits per heavy atom. The van der Waals surface area contributed by atoms with Crippen LogP contribution in [0.25, 0.3) is 11.1 Å². The Morgan fingerprint density at radius 1 is 0.655 bits per heavy atom. The molecule has 0 bridgehead atoms. The average molecular weight is 812 g/mol. The second-order valence-corrected chi connectivity index (χ2v) is 13.5. The molecule has 0 radical (unpaired) electrons. The molecular weight excluding hydrogens is 758 g/mol. The molecule has 1 atom stereocenters. The van der Waals surface area contributed by atoms with E-state index < -0.39 is 24.1 Å². The zero-order chi connectivity index (χ0) is 41.7. The Kier molecular flexibility index (Phi) is 19.0. The second kappa shape index (κ2) is 24.4. The number of benzene rings is 2. The van der Waals surface area contributed by atoms with Gasteiger partial charge in [-0.3, -0.25) is 33.6 Å². The molecule has 2 aliphatic rings. The number of hydroxylamine groups is 2. The first-order valence-corrected chi connectivity index (χ1v) is 19.5. The molecule has 58 heavy (non-hydrogen) atoms. The molecule has 6 amide bonds. The normalized spacial score (nSPS) is 14.1. The molecule has 0 aromatic heterocycles. The molecule has 316 valence electrons. The number of nitrogens with zero attached hydrogens (tertiary/aromatic N) is 1. The molecule has 1 aliphatic heterocycles. The molecule has 18 heteroatoms. The number of methoxy groups -OCH3 is 1. The highest BCUT2D eigenvalue weighted by atomic mass is 16.8. The molecule has 18 nitrogen and oxygen atoms in total. The van der Waals surface area contributed by atoms with Crippen LogP contribution >= 0.6 is 0 Å². The summed E-state index contributed by atoms with van der Waals surface area (Å²) in [6.07, 6.45) is 0.539. The predicted octanol–water partition coefficient (Wildman–Crippen LogP) is 3.27. The van der Waals surface area contributed by atoms with Gasteiger partial charge in [0.2, 0.25) is 23.6 Å². The third kappa shape index (κ3) is 14.8. The summed E-state index contributed by atoms with van der Waals surface area (Å²) in [6, 6.07) is 10.1. The van der Waals surface area contributed by atoms with Gasteiger partial charge in [0.1, 0.15) is 0 Å². The van der Waals surface area contributed by atoms with E-state index in [9.17, 15) is 33.6 Å². The van der Waals surface area contributed by atoms with E-state index in [4.69, 9.17) is 28.9 Å². The van der Waals surface area contributed by atoms with Gasteiger partial charge in [0.15, 0.2) is 6.10 Å². The minimum atomic E-state index is -1.31. The van der Waals surface area contributed by atoms with Crippen LogP contribution in [-0.4, -0.2) is 112 Å². The van der Waals surface area contributed by atoms with Crippen LogP contribution in [0.1, 0.15) is 87.9 Å². The fraction of sp³-hybridized carbons (Fsp3) is 0.525. The van der Waals surface area contributed by atoms with Crippen LogP contribution in [0.3, 0.4) is 0 Å². The molecule has 1 heterocycles. The molecule has 0 spiro atoms. The molecule has 2 aromatic carbocycles. The van der Waals surface area contributed by atoms with Gasteiger partial charge in [-0.1, -0.05) is 17.2 Å². The average Bonchev–Trinajstić information content (AvgIpc) is 3.67. The summed E-state index contributed by atoms with van der Waals surface area (Å²) in [7, 11) is 1.62. The molecule has 1 aliphatic carbocycles. The number of carbonyl (C=O) groups is 7. The zero-order valence-corrected chi connectivity index (χ0v) is 32.8. The van der Waals surface area contributed by atoms with E-state index in [0.29, 0.717) is 104 Å². The number of ether oxygens (including phenoxy) is 4. The van der Waals surface area contributed by atoms with Crippen molar-refractivity contribution in [1.82, 2.24) is 15.7 Å². The van der Waals surface area contributed by atoms with Gasteiger partial charge < -0.3 is 45.3 Å². The number of fused-ring (bicyclic) bond motifs is 3. The summed E-state index contributed by atoms with van der Waals surface area (Å²) < 4.78 is 21.5. The molecule has 2 aromatic rings. The van der Waals surface area contributed by atoms with E-state index in [1.54, 1.807) is 43.5 Å². The first kappa shape index (κ1) is 45.3. The first-order valence-electron chi connectivity index (χ1n) is 19.5. The lowest BCUT2D eigenvalue weighted by Crippen LogP contribution is -2.32. The van der Waals surface area contributed by atoms with E-state index in [2.05, 4.69) is 21.3 Å². The minimum absolute atomic E-state index is 0.0604. The number of unbranched alkanes of at least 4 members (excludes halogenated alkanes) is 1. The standard InChI is InChI=1S/C40H53N5O13/c1-54-20-6-22-56-24-18-42-34(48)8-5-10-36(50)44-28-12-14-30-29-13-11-27(43-35(49)9-4-7-33(47)41-17-23-55-21-3-2-19-46)25-31(29)39(32(30)26-28)57-40(53)58-45-37(51)15-16-38(45)52/h11-14,25-26,39,46H,2-10,15-24H2,1H3,(H,41,47)(H,42,48)(H,43,49)(H,44,50). The largest absolute Gasteiger partial charge is 0.534 e. The molecular formula is C40H53N5O13. The van der Waals surface area contributed by atoms with Crippen LogP contribution in [-0.2, 0) is 52.6 Å². The van der Waals surface area contributed by atoms with Crippen LogP contribution in [0, 0.1) is 0 Å². The number of carbonyl (C=O) groups excluding carboxylic acids is 7. The third-order valence-corrected chi connectivity index (χ3v) is 9.00. The smallest absolute Gasteiger partial charge is 0.420 e. The summed E-state index contributed by atoms with van der Waals surface area (Å²) in [4.78, 5) is 92.2. The van der Waals surface area contributed by atoms with E-state index in [1.165, 1.54) is 0 Å². The fourth-order valence-corrected chi connectivity index (χ4v) is 6.14. The zero-order valence-electron chi connectivity index (χ0n) is 32.8. The van der Waals surface area contributed by atoms with Crippen molar-refractivity contribution in [3.05, 3.63) is 47.5 Å². The summed E-state index contributed by atoms with van der Waals surface area (Å²) in [6.45, 7) is 3.16. The van der Waals surface area contributed by atoms with Gasteiger partial charge in [-0.2, -0.15) is 0 Å². The lowest BCUT2D eigenvalue weighted by molar-refractivity contribution is -0.178. The van der Waals surface area contributed by atoms with Gasteiger partial charge in [-0.25, -0.2) is 4.79 Å². The van der Waals surface area contributed by atoms with Crippen LogP contribution in [0.15, 0.2) is 36.4 Å². The van der Waals surface area contributed by atoms with Crippen molar-refractivity contribution in [3.63, 3.8) is 0 Å². The van der Waals surface area contributed by atoms with Crippen LogP contribution in [0.5, 0.6) is 0 Å². The third-order valence-electron chi connectivity index (χ3n) is 9.00. The van der Waals surface area contributed by atoms with Gasteiger partial charge in [0, 0.05) is 108 Å². The summed E-state index contributed by atoms with van der Waals surface area (Å²) >= 11 is 0. The molecule has 5 N–H and O–H groups in total. The number of aliphatic hydroxyl groups is 1. The maximum atomic E-state index is 13.0. The van der Waals surface area contributed by atoms with Crippen molar-refractivity contribution < 1.29 is 62.5 Å². The van der Waals surface area contributed by atoms with E-state index in [-0.39, 0.29) is 68.8 Å². The topological polar surface area (TPSA) is 237 Å². The number of amides is 6.